The number of alkyl halides is 3. The highest BCUT2D eigenvalue weighted by Crippen LogP contribution is 2.29. The standard InChI is InChI=1S/C10H11F3N6O3S/c11-10(12,13)23(20,21)18-1-2-19-7(4-18)16-8(17-19)9-15-6(3-14)5-22-9/h5H,1-4,14H2. The van der Waals surface area contributed by atoms with Crippen LogP contribution in [0.15, 0.2) is 10.7 Å². The number of nitrogens with two attached hydrogens (primary N) is 1. The van der Waals surface area contributed by atoms with Gasteiger partial charge in [0.1, 0.15) is 12.1 Å². The summed E-state index contributed by atoms with van der Waals surface area (Å²) in [5.41, 5.74) is 0.513. The molecule has 3 heterocycles. The molecular formula is C10H11F3N6O3S. The molecule has 2 aromatic rings. The predicted molar refractivity (Wildman–Crippen MR) is 68.8 cm³/mol. The topological polar surface area (TPSA) is 120 Å². The maximum atomic E-state index is 12.6. The average molecular weight is 352 g/mol. The third-order valence-electron chi connectivity index (χ3n) is 3.21. The molecule has 0 bridgehead atoms. The average Bonchev–Trinajstić information content (AvgIpc) is 3.11. The second kappa shape index (κ2) is 5.28. The van der Waals surface area contributed by atoms with Crippen molar-refractivity contribution in [1.82, 2.24) is 24.1 Å². The Morgan fingerprint density at radius 1 is 1.30 bits per heavy atom. The normalized spacial score (nSPS) is 16.5. The highest BCUT2D eigenvalue weighted by Gasteiger charge is 2.50. The first-order chi connectivity index (χ1) is 10.7. The van der Waals surface area contributed by atoms with E-state index in [9.17, 15) is 21.6 Å². The summed E-state index contributed by atoms with van der Waals surface area (Å²) in [7, 11) is -5.40. The Kier molecular flexibility index (Phi) is 3.65. The van der Waals surface area contributed by atoms with Crippen LogP contribution in [0.25, 0.3) is 11.7 Å². The van der Waals surface area contributed by atoms with Crippen molar-refractivity contribution in [3.05, 3.63) is 17.8 Å². The summed E-state index contributed by atoms with van der Waals surface area (Å²) in [5.74, 6) is 0.204. The molecule has 0 spiro atoms. The first-order valence-electron chi connectivity index (χ1n) is 6.37. The Hall–Kier alpha value is -1.99. The van der Waals surface area contributed by atoms with E-state index in [1.807, 2.05) is 0 Å². The van der Waals surface area contributed by atoms with Gasteiger partial charge in [0.2, 0.25) is 5.82 Å². The van der Waals surface area contributed by atoms with Gasteiger partial charge in [0.15, 0.2) is 0 Å². The van der Waals surface area contributed by atoms with E-state index in [1.165, 1.54) is 10.9 Å². The molecule has 13 heteroatoms. The first kappa shape index (κ1) is 15.9. The molecule has 3 rings (SSSR count). The molecule has 0 amide bonds. The van der Waals surface area contributed by atoms with Crippen LogP contribution in [0.4, 0.5) is 13.2 Å². The van der Waals surface area contributed by atoms with Gasteiger partial charge < -0.3 is 10.2 Å². The molecule has 0 aliphatic carbocycles. The number of nitrogens with zero attached hydrogens (tertiary/aromatic N) is 5. The van der Waals surface area contributed by atoms with Gasteiger partial charge in [-0.2, -0.15) is 17.5 Å². The number of aromatic nitrogens is 4. The summed E-state index contributed by atoms with van der Waals surface area (Å²) in [4.78, 5) is 8.00. The second-order valence-electron chi connectivity index (χ2n) is 4.71. The Morgan fingerprint density at radius 2 is 2.04 bits per heavy atom. The molecule has 9 nitrogen and oxygen atoms in total. The fraction of sp³-hybridized carbons (Fsp3) is 0.500. The minimum absolute atomic E-state index is 0.0535. The first-order valence-corrected chi connectivity index (χ1v) is 7.81. The lowest BCUT2D eigenvalue weighted by atomic mass is 10.4. The Labute approximate surface area is 128 Å². The summed E-state index contributed by atoms with van der Waals surface area (Å²) in [6, 6.07) is 0. The van der Waals surface area contributed by atoms with Crippen molar-refractivity contribution in [2.45, 2.75) is 25.1 Å². The van der Waals surface area contributed by atoms with Crippen LogP contribution in [0.5, 0.6) is 0 Å². The summed E-state index contributed by atoms with van der Waals surface area (Å²) in [5, 5.41) is 4.05. The molecule has 0 radical (unpaired) electrons. The van der Waals surface area contributed by atoms with Crippen LogP contribution >= 0.6 is 0 Å². The molecule has 0 atom stereocenters. The van der Waals surface area contributed by atoms with E-state index in [0.29, 0.717) is 10.00 Å². The maximum absolute atomic E-state index is 12.6. The van der Waals surface area contributed by atoms with E-state index in [1.54, 1.807) is 0 Å². The monoisotopic (exact) mass is 352 g/mol. The number of rotatable bonds is 3. The molecule has 0 fully saturated rings. The van der Waals surface area contributed by atoms with E-state index >= 15 is 0 Å². The Morgan fingerprint density at radius 3 is 2.65 bits per heavy atom. The molecule has 23 heavy (non-hydrogen) atoms. The molecular weight excluding hydrogens is 341 g/mol. The van der Waals surface area contributed by atoms with Crippen LogP contribution in [0.1, 0.15) is 11.5 Å². The van der Waals surface area contributed by atoms with Crippen LogP contribution < -0.4 is 5.73 Å². The van der Waals surface area contributed by atoms with Crippen molar-refractivity contribution in [1.29, 1.82) is 0 Å². The molecule has 0 saturated heterocycles. The lowest BCUT2D eigenvalue weighted by Gasteiger charge is -2.26. The third-order valence-corrected chi connectivity index (χ3v) is 4.79. The third kappa shape index (κ3) is 2.70. The van der Waals surface area contributed by atoms with Gasteiger partial charge >= 0.3 is 15.5 Å². The fourth-order valence-corrected chi connectivity index (χ4v) is 2.96. The number of sulfonamides is 1. The molecule has 0 saturated carbocycles. The zero-order valence-electron chi connectivity index (χ0n) is 11.5. The lowest BCUT2D eigenvalue weighted by Crippen LogP contribution is -2.44. The number of hydrogen-bond acceptors (Lipinski definition) is 7. The summed E-state index contributed by atoms with van der Waals surface area (Å²) >= 11 is 0. The quantitative estimate of drug-likeness (QED) is 0.829. The lowest BCUT2D eigenvalue weighted by molar-refractivity contribution is -0.0496. The van der Waals surface area contributed by atoms with Crippen LogP contribution in [-0.4, -0.2) is 44.5 Å². The van der Waals surface area contributed by atoms with Crippen molar-refractivity contribution in [2.24, 2.45) is 5.73 Å². The number of oxazole rings is 1. The zero-order chi connectivity index (χ0) is 16.8. The van der Waals surface area contributed by atoms with Gasteiger partial charge in [-0.1, -0.05) is 0 Å². The van der Waals surface area contributed by atoms with Gasteiger partial charge in [0, 0.05) is 13.1 Å². The van der Waals surface area contributed by atoms with E-state index in [-0.39, 0.29) is 37.2 Å². The van der Waals surface area contributed by atoms with E-state index in [0.717, 1.165) is 0 Å². The molecule has 0 unspecified atom stereocenters. The summed E-state index contributed by atoms with van der Waals surface area (Å²) < 4.78 is 67.4. The van der Waals surface area contributed by atoms with Gasteiger partial charge in [-0.05, 0) is 0 Å². The molecule has 0 aromatic carbocycles. The second-order valence-corrected chi connectivity index (χ2v) is 6.64. The van der Waals surface area contributed by atoms with Crippen molar-refractivity contribution < 1.29 is 26.0 Å². The van der Waals surface area contributed by atoms with Gasteiger partial charge in [-0.25, -0.2) is 23.1 Å². The SMILES string of the molecule is NCc1coc(-c2nc3n(n2)CCN(S(=O)(=O)C(F)(F)F)C3)n1. The summed E-state index contributed by atoms with van der Waals surface area (Å²) in [6.45, 7) is -0.784. The van der Waals surface area contributed by atoms with Crippen molar-refractivity contribution in [3.63, 3.8) is 0 Å². The van der Waals surface area contributed by atoms with E-state index in [4.69, 9.17) is 10.2 Å². The van der Waals surface area contributed by atoms with Gasteiger partial charge in [0.05, 0.1) is 18.8 Å². The molecule has 2 aromatic heterocycles. The molecule has 1 aliphatic heterocycles. The highest BCUT2D eigenvalue weighted by molar-refractivity contribution is 7.89. The van der Waals surface area contributed by atoms with Gasteiger partial charge in [-0.15, -0.1) is 5.10 Å². The largest absolute Gasteiger partial charge is 0.511 e. The van der Waals surface area contributed by atoms with Gasteiger partial charge in [0.25, 0.3) is 5.89 Å². The number of halogens is 3. The van der Waals surface area contributed by atoms with Crippen molar-refractivity contribution in [2.75, 3.05) is 6.54 Å². The van der Waals surface area contributed by atoms with E-state index < -0.39 is 22.1 Å². The van der Waals surface area contributed by atoms with Crippen LogP contribution in [0.2, 0.25) is 0 Å². The minimum atomic E-state index is -5.40. The van der Waals surface area contributed by atoms with Crippen LogP contribution in [0.3, 0.4) is 0 Å². The van der Waals surface area contributed by atoms with E-state index in [2.05, 4.69) is 15.1 Å². The van der Waals surface area contributed by atoms with Crippen molar-refractivity contribution in [3.8, 4) is 11.7 Å². The highest BCUT2D eigenvalue weighted by atomic mass is 32.2. The van der Waals surface area contributed by atoms with Crippen LogP contribution in [-0.2, 0) is 29.7 Å². The smallest absolute Gasteiger partial charge is 0.442 e. The van der Waals surface area contributed by atoms with Crippen molar-refractivity contribution >= 4 is 10.0 Å². The van der Waals surface area contributed by atoms with Crippen LogP contribution in [0, 0.1) is 0 Å². The summed E-state index contributed by atoms with van der Waals surface area (Å²) in [6.07, 6.45) is 1.32. The number of hydrogen-bond donors (Lipinski definition) is 1. The Bertz CT molecular complexity index is 827. The van der Waals surface area contributed by atoms with Gasteiger partial charge in [-0.3, -0.25) is 0 Å². The Balaban J connectivity index is 1.88. The fourth-order valence-electron chi connectivity index (χ4n) is 2.06. The number of fused-ring (bicyclic) bond motifs is 1. The maximum Gasteiger partial charge on any atom is 0.511 e. The minimum Gasteiger partial charge on any atom is -0.442 e. The zero-order valence-corrected chi connectivity index (χ0v) is 12.3. The molecule has 1 aliphatic rings. The predicted octanol–water partition coefficient (Wildman–Crippen LogP) is 0.0570. The molecule has 126 valence electrons. The molecule has 2 N–H and O–H groups in total.